The summed E-state index contributed by atoms with van der Waals surface area (Å²) in [6.45, 7) is 6.45. The van der Waals surface area contributed by atoms with Crippen LogP contribution in [0.5, 0.6) is 17.2 Å². The molecule has 0 aliphatic carbocycles. The zero-order valence-corrected chi connectivity index (χ0v) is 19.6. The number of hydrogen-bond acceptors (Lipinski definition) is 5. The Hall–Kier alpha value is -2.59. The molecule has 0 aromatic heterocycles. The molecule has 0 spiro atoms. The highest BCUT2D eigenvalue weighted by Crippen LogP contribution is 2.35. The first-order valence-corrected chi connectivity index (χ1v) is 10.7. The molecule has 0 unspecified atom stereocenters. The van der Waals surface area contributed by atoms with Crippen molar-refractivity contribution >= 4 is 57.6 Å². The van der Waals surface area contributed by atoms with Gasteiger partial charge in [0.25, 0.3) is 5.91 Å². The molecular weight excluding hydrogens is 515 g/mol. The molecule has 0 bridgehead atoms. The Morgan fingerprint density at radius 2 is 1.97 bits per heavy atom. The molecule has 1 aliphatic heterocycles. The molecule has 1 amide bonds. The predicted molar refractivity (Wildman–Crippen MR) is 130 cm³/mol. The third-order valence-corrected chi connectivity index (χ3v) is 5.28. The molecule has 2 aromatic rings. The first kappa shape index (κ1) is 22.1. The van der Waals surface area contributed by atoms with Crippen molar-refractivity contribution in [3.05, 3.63) is 63.9 Å². The second kappa shape index (κ2) is 9.94. The maximum absolute atomic E-state index is 13.0. The number of benzene rings is 2. The van der Waals surface area contributed by atoms with Gasteiger partial charge >= 0.3 is 0 Å². The largest absolute Gasteiger partial charge is 0.497 e. The first-order valence-electron chi connectivity index (χ1n) is 9.19. The Labute approximate surface area is 194 Å². The number of carbonyl (C=O) groups excluding carboxylic acids is 1. The van der Waals surface area contributed by atoms with Crippen LogP contribution in [0.2, 0.25) is 0 Å². The normalized spacial score (nSPS) is 14.6. The van der Waals surface area contributed by atoms with E-state index in [-0.39, 0.29) is 5.91 Å². The molecule has 30 heavy (non-hydrogen) atoms. The van der Waals surface area contributed by atoms with Crippen LogP contribution in [0, 0.1) is 3.57 Å². The number of rotatable bonds is 8. The van der Waals surface area contributed by atoms with E-state index in [2.05, 4.69) is 34.5 Å². The summed E-state index contributed by atoms with van der Waals surface area (Å²) >= 11 is 7.57. The van der Waals surface area contributed by atoms with Gasteiger partial charge in [-0.25, -0.2) is 0 Å². The summed E-state index contributed by atoms with van der Waals surface area (Å²) in [5.74, 6) is 1.74. The number of thiocarbonyl (C=S) groups is 1. The quantitative estimate of drug-likeness (QED) is 0.232. The summed E-state index contributed by atoms with van der Waals surface area (Å²) in [6, 6.07) is 10.9. The standard InChI is InChI=1S/C22H21IN2O4S/c1-4-10-29-20-17(23)11-14(13-19(20)28-5-2)12-18-21(26)25(22(30)24-18)15-6-8-16(27-3)9-7-15/h4,6-9,11-13H,1,5,10H2,2-3H3,(H,24,30)/b18-12-. The number of carbonyl (C=O) groups is 1. The van der Waals surface area contributed by atoms with Crippen LogP contribution < -0.4 is 24.4 Å². The van der Waals surface area contributed by atoms with Gasteiger partial charge in [0, 0.05) is 0 Å². The molecule has 1 N–H and O–H groups in total. The molecule has 156 valence electrons. The highest BCUT2D eigenvalue weighted by Gasteiger charge is 2.32. The number of nitrogens with zero attached hydrogens (tertiary/aromatic N) is 1. The van der Waals surface area contributed by atoms with Crippen LogP contribution in [0.3, 0.4) is 0 Å². The lowest BCUT2D eigenvalue weighted by atomic mass is 10.1. The van der Waals surface area contributed by atoms with E-state index in [9.17, 15) is 4.79 Å². The Kier molecular flexibility index (Phi) is 7.33. The van der Waals surface area contributed by atoms with E-state index in [0.717, 1.165) is 9.13 Å². The van der Waals surface area contributed by atoms with E-state index in [4.69, 9.17) is 26.4 Å². The van der Waals surface area contributed by atoms with Crippen molar-refractivity contribution in [2.75, 3.05) is 25.2 Å². The van der Waals surface area contributed by atoms with Crippen LogP contribution in [-0.4, -0.2) is 31.3 Å². The van der Waals surface area contributed by atoms with E-state index in [0.29, 0.717) is 47.0 Å². The van der Waals surface area contributed by atoms with Crippen molar-refractivity contribution in [1.82, 2.24) is 5.32 Å². The van der Waals surface area contributed by atoms with E-state index in [1.165, 1.54) is 4.90 Å². The molecule has 1 saturated heterocycles. The zero-order chi connectivity index (χ0) is 21.7. The number of nitrogens with one attached hydrogen (secondary N) is 1. The van der Waals surface area contributed by atoms with Gasteiger partial charge in [-0.05, 0) is 89.8 Å². The summed E-state index contributed by atoms with van der Waals surface area (Å²) in [4.78, 5) is 14.4. The maximum atomic E-state index is 13.0. The molecule has 0 saturated carbocycles. The second-order valence-electron chi connectivity index (χ2n) is 6.19. The Morgan fingerprint density at radius 1 is 1.23 bits per heavy atom. The van der Waals surface area contributed by atoms with Crippen LogP contribution in [0.1, 0.15) is 12.5 Å². The fourth-order valence-electron chi connectivity index (χ4n) is 2.88. The summed E-state index contributed by atoms with van der Waals surface area (Å²) in [5.41, 5.74) is 1.84. The molecule has 3 rings (SSSR count). The third kappa shape index (κ3) is 4.76. The van der Waals surface area contributed by atoms with Gasteiger partial charge < -0.3 is 19.5 Å². The Bertz CT molecular complexity index is 1000. The van der Waals surface area contributed by atoms with Crippen molar-refractivity contribution in [1.29, 1.82) is 0 Å². The maximum Gasteiger partial charge on any atom is 0.281 e. The third-order valence-electron chi connectivity index (χ3n) is 4.20. The highest BCUT2D eigenvalue weighted by molar-refractivity contribution is 14.1. The summed E-state index contributed by atoms with van der Waals surface area (Å²) in [6.07, 6.45) is 3.43. The van der Waals surface area contributed by atoms with E-state index in [1.54, 1.807) is 43.5 Å². The van der Waals surface area contributed by atoms with Gasteiger partial charge in [0.15, 0.2) is 16.6 Å². The molecule has 6 nitrogen and oxygen atoms in total. The van der Waals surface area contributed by atoms with Crippen LogP contribution >= 0.6 is 34.8 Å². The van der Waals surface area contributed by atoms with Crippen molar-refractivity contribution in [2.24, 2.45) is 0 Å². The van der Waals surface area contributed by atoms with Gasteiger partial charge in [0.05, 0.1) is 23.0 Å². The van der Waals surface area contributed by atoms with E-state index >= 15 is 0 Å². The lowest BCUT2D eigenvalue weighted by Gasteiger charge is -2.14. The van der Waals surface area contributed by atoms with Gasteiger partial charge in [0.1, 0.15) is 18.1 Å². The van der Waals surface area contributed by atoms with Crippen LogP contribution in [-0.2, 0) is 4.79 Å². The van der Waals surface area contributed by atoms with Crippen molar-refractivity contribution in [3.8, 4) is 17.2 Å². The number of anilines is 1. The molecule has 1 aliphatic rings. The molecule has 2 aromatic carbocycles. The number of amides is 1. The van der Waals surface area contributed by atoms with Crippen molar-refractivity contribution in [3.63, 3.8) is 0 Å². The summed E-state index contributed by atoms with van der Waals surface area (Å²) in [5, 5.41) is 3.32. The monoisotopic (exact) mass is 536 g/mol. The number of methoxy groups -OCH3 is 1. The fraction of sp³-hybridized carbons (Fsp3) is 0.182. The lowest BCUT2D eigenvalue weighted by molar-refractivity contribution is -0.113. The Balaban J connectivity index is 1.91. The number of ether oxygens (including phenoxy) is 3. The highest BCUT2D eigenvalue weighted by atomic mass is 127. The smallest absolute Gasteiger partial charge is 0.281 e. The summed E-state index contributed by atoms with van der Waals surface area (Å²) in [7, 11) is 1.59. The average molecular weight is 536 g/mol. The predicted octanol–water partition coefficient (Wildman–Crippen LogP) is 4.53. The Morgan fingerprint density at radius 3 is 2.60 bits per heavy atom. The van der Waals surface area contributed by atoms with E-state index < -0.39 is 0 Å². The topological polar surface area (TPSA) is 60.0 Å². The minimum absolute atomic E-state index is 0.231. The van der Waals surface area contributed by atoms with Crippen LogP contribution in [0.25, 0.3) is 6.08 Å². The first-order chi connectivity index (χ1) is 14.5. The average Bonchev–Trinajstić information content (AvgIpc) is 3.00. The van der Waals surface area contributed by atoms with Gasteiger partial charge in [-0.3, -0.25) is 9.69 Å². The van der Waals surface area contributed by atoms with Crippen molar-refractivity contribution in [2.45, 2.75) is 6.92 Å². The molecule has 1 fully saturated rings. The fourth-order valence-corrected chi connectivity index (χ4v) is 3.96. The van der Waals surface area contributed by atoms with E-state index in [1.807, 2.05) is 19.1 Å². The number of hydrogen-bond donors (Lipinski definition) is 1. The number of halogens is 1. The minimum atomic E-state index is -0.231. The lowest BCUT2D eigenvalue weighted by Crippen LogP contribution is -2.30. The molecule has 0 atom stereocenters. The van der Waals surface area contributed by atoms with Crippen molar-refractivity contribution < 1.29 is 19.0 Å². The minimum Gasteiger partial charge on any atom is -0.497 e. The van der Waals surface area contributed by atoms with Gasteiger partial charge in [-0.15, -0.1) is 0 Å². The van der Waals surface area contributed by atoms with Gasteiger partial charge in [-0.2, -0.15) is 0 Å². The molecular formula is C22H21IN2O4S. The molecule has 0 radical (unpaired) electrons. The molecule has 1 heterocycles. The zero-order valence-electron chi connectivity index (χ0n) is 16.6. The SMILES string of the molecule is C=CCOc1c(I)cc(/C=C2\NC(=S)N(c3ccc(OC)cc3)C2=O)cc1OCC. The second-order valence-corrected chi connectivity index (χ2v) is 7.74. The van der Waals surface area contributed by atoms with Gasteiger partial charge in [0.2, 0.25) is 0 Å². The molecule has 8 heteroatoms. The van der Waals surface area contributed by atoms with Crippen LogP contribution in [0.4, 0.5) is 5.69 Å². The van der Waals surface area contributed by atoms with Gasteiger partial charge in [-0.1, -0.05) is 12.7 Å². The van der Waals surface area contributed by atoms with Crippen LogP contribution in [0.15, 0.2) is 54.8 Å². The summed E-state index contributed by atoms with van der Waals surface area (Å²) < 4.78 is 17.5.